The molecule has 0 radical (unpaired) electrons. The van der Waals surface area contributed by atoms with Gasteiger partial charge in [0, 0.05) is 33.0 Å². The van der Waals surface area contributed by atoms with Crippen LogP contribution < -0.4 is 0 Å². The fourth-order valence-corrected chi connectivity index (χ4v) is 8.59. The number of rotatable bonds is 5. The summed E-state index contributed by atoms with van der Waals surface area (Å²) in [4.78, 5) is 20.2. The summed E-state index contributed by atoms with van der Waals surface area (Å²) in [5.74, 6) is 1.88. The lowest BCUT2D eigenvalue weighted by molar-refractivity contribution is 0.669. The van der Waals surface area contributed by atoms with Gasteiger partial charge >= 0.3 is 0 Å². The Morgan fingerprint density at radius 1 is 0.434 bits per heavy atom. The number of aromatic nitrogens is 4. The molecule has 6 heteroatoms. The van der Waals surface area contributed by atoms with Crippen LogP contribution in [0.4, 0.5) is 0 Å². The van der Waals surface area contributed by atoms with Crippen LogP contribution in [-0.4, -0.2) is 19.9 Å². The van der Waals surface area contributed by atoms with Gasteiger partial charge in [-0.2, -0.15) is 0 Å². The lowest BCUT2D eigenvalue weighted by atomic mass is 10.00. The summed E-state index contributed by atoms with van der Waals surface area (Å²) in [5, 5.41) is 3.01. The third-order valence-corrected chi connectivity index (χ3v) is 11.3. The first-order valence-electron chi connectivity index (χ1n) is 17.7. The molecule has 3 heterocycles. The number of hydrogen-bond donors (Lipinski definition) is 0. The summed E-state index contributed by atoms with van der Waals surface area (Å²) in [7, 11) is 0. The fourth-order valence-electron chi connectivity index (χ4n) is 7.62. The van der Waals surface area contributed by atoms with Crippen LogP contribution in [0.5, 0.6) is 0 Å². The zero-order valence-electron chi connectivity index (χ0n) is 28.3. The van der Waals surface area contributed by atoms with Crippen LogP contribution in [-0.2, 0) is 6.42 Å². The van der Waals surface area contributed by atoms with Crippen molar-refractivity contribution in [2.75, 3.05) is 0 Å². The SMILES string of the molecule is c1ccc(-c2nc(-c3ccc4c(c3)-c3ccccc3C4)nc(-c3cccc4oc5cc(-c6cccc(-c7nc8ccccc8s7)c6)ccc5c34)n2)cc1. The molecule has 0 N–H and O–H groups in total. The van der Waals surface area contributed by atoms with Gasteiger partial charge in [0.15, 0.2) is 17.5 Å². The van der Waals surface area contributed by atoms with Gasteiger partial charge in [0.2, 0.25) is 0 Å². The average Bonchev–Trinajstić information content (AvgIpc) is 3.94. The molecule has 0 saturated carbocycles. The minimum atomic E-state index is 0.607. The fraction of sp³-hybridized carbons (Fsp3) is 0.0213. The topological polar surface area (TPSA) is 64.7 Å². The predicted molar refractivity (Wildman–Crippen MR) is 216 cm³/mol. The van der Waals surface area contributed by atoms with Crippen LogP contribution in [0, 0.1) is 0 Å². The zero-order chi connectivity index (χ0) is 34.9. The van der Waals surface area contributed by atoms with Gasteiger partial charge in [-0.15, -0.1) is 11.3 Å². The van der Waals surface area contributed by atoms with Crippen LogP contribution >= 0.6 is 11.3 Å². The van der Waals surface area contributed by atoms with Crippen LogP contribution in [0.3, 0.4) is 0 Å². The van der Waals surface area contributed by atoms with Gasteiger partial charge in [-0.05, 0) is 82.3 Å². The number of nitrogens with zero attached hydrogens (tertiary/aromatic N) is 4. The van der Waals surface area contributed by atoms with E-state index in [4.69, 9.17) is 24.4 Å². The molecule has 0 saturated heterocycles. The molecule has 7 aromatic carbocycles. The first-order chi connectivity index (χ1) is 26.2. The highest BCUT2D eigenvalue weighted by Crippen LogP contribution is 2.41. The summed E-state index contributed by atoms with van der Waals surface area (Å²) in [6, 6.07) is 54.8. The molecule has 5 nitrogen and oxygen atoms in total. The standard InChI is InChI=1S/C47H28N4OS/c1-2-10-28(11-3-1)44-49-45(33-21-20-32-25-31-12-4-5-15-35(31)38(32)26-33)51-46(50-44)37-16-9-18-40-43(37)36-23-22-30(27-41(36)52-40)29-13-8-14-34(24-29)47-48-39-17-6-7-19-42(39)53-47/h1-24,26-27H,25H2. The quantitative estimate of drug-likeness (QED) is 0.179. The maximum Gasteiger partial charge on any atom is 0.164 e. The highest BCUT2D eigenvalue weighted by Gasteiger charge is 2.22. The van der Waals surface area contributed by atoms with Gasteiger partial charge in [-0.3, -0.25) is 0 Å². The van der Waals surface area contributed by atoms with E-state index in [-0.39, 0.29) is 0 Å². The Labute approximate surface area is 308 Å². The van der Waals surface area contributed by atoms with Crippen molar-refractivity contribution in [2.24, 2.45) is 0 Å². The predicted octanol–water partition coefficient (Wildman–Crippen LogP) is 12.3. The molecule has 0 unspecified atom stereocenters. The summed E-state index contributed by atoms with van der Waals surface area (Å²) in [6.45, 7) is 0. The summed E-state index contributed by atoms with van der Waals surface area (Å²) >= 11 is 1.71. The van der Waals surface area contributed by atoms with Crippen molar-refractivity contribution in [2.45, 2.75) is 6.42 Å². The second kappa shape index (κ2) is 11.9. The summed E-state index contributed by atoms with van der Waals surface area (Å²) in [5.41, 5.74) is 13.9. The minimum Gasteiger partial charge on any atom is -0.456 e. The monoisotopic (exact) mass is 696 g/mol. The summed E-state index contributed by atoms with van der Waals surface area (Å²) < 4.78 is 7.75. The van der Waals surface area contributed by atoms with Crippen molar-refractivity contribution in [3.8, 4) is 67.0 Å². The number of hydrogen-bond acceptors (Lipinski definition) is 6. The van der Waals surface area contributed by atoms with Gasteiger partial charge < -0.3 is 4.42 Å². The Morgan fingerprint density at radius 3 is 2.06 bits per heavy atom. The third-order valence-electron chi connectivity index (χ3n) is 10.2. The van der Waals surface area contributed by atoms with E-state index in [0.29, 0.717) is 17.5 Å². The van der Waals surface area contributed by atoms with E-state index < -0.39 is 0 Å². The highest BCUT2D eigenvalue weighted by atomic mass is 32.1. The lowest BCUT2D eigenvalue weighted by Crippen LogP contribution is -2.00. The lowest BCUT2D eigenvalue weighted by Gasteiger charge is -2.10. The van der Waals surface area contributed by atoms with Crippen molar-refractivity contribution in [3.63, 3.8) is 0 Å². The van der Waals surface area contributed by atoms with E-state index in [1.807, 2.05) is 48.5 Å². The Bertz CT molecular complexity index is 3020. The van der Waals surface area contributed by atoms with Crippen LogP contribution in [0.15, 0.2) is 162 Å². The van der Waals surface area contributed by atoms with Crippen LogP contribution in [0.25, 0.3) is 99.1 Å². The van der Waals surface area contributed by atoms with Crippen LogP contribution in [0.1, 0.15) is 11.1 Å². The number of benzene rings is 7. The van der Waals surface area contributed by atoms with E-state index >= 15 is 0 Å². The third kappa shape index (κ3) is 5.06. The van der Waals surface area contributed by atoms with Crippen LogP contribution in [0.2, 0.25) is 0 Å². The van der Waals surface area contributed by atoms with E-state index in [9.17, 15) is 0 Å². The van der Waals surface area contributed by atoms with E-state index in [1.54, 1.807) is 11.3 Å². The largest absolute Gasteiger partial charge is 0.456 e. The average molecular weight is 697 g/mol. The van der Waals surface area contributed by atoms with Gasteiger partial charge in [-0.1, -0.05) is 115 Å². The molecule has 11 rings (SSSR count). The van der Waals surface area contributed by atoms with Crippen molar-refractivity contribution in [1.29, 1.82) is 0 Å². The second-order valence-corrected chi connectivity index (χ2v) is 14.5. The molecule has 0 atom stereocenters. The maximum absolute atomic E-state index is 6.56. The van der Waals surface area contributed by atoms with Crippen molar-refractivity contribution < 1.29 is 4.42 Å². The van der Waals surface area contributed by atoms with Crippen molar-refractivity contribution >= 4 is 43.5 Å². The molecule has 10 aromatic rings. The first kappa shape index (κ1) is 29.9. The van der Waals surface area contributed by atoms with Gasteiger partial charge in [0.05, 0.1) is 10.2 Å². The Balaban J connectivity index is 1.03. The molecule has 248 valence electrons. The maximum atomic E-state index is 6.56. The molecule has 53 heavy (non-hydrogen) atoms. The minimum absolute atomic E-state index is 0.607. The molecule has 3 aromatic heterocycles. The van der Waals surface area contributed by atoms with E-state index in [2.05, 4.69) is 109 Å². The summed E-state index contributed by atoms with van der Waals surface area (Å²) in [6.07, 6.45) is 0.940. The highest BCUT2D eigenvalue weighted by molar-refractivity contribution is 7.21. The molecule has 0 bridgehead atoms. The smallest absolute Gasteiger partial charge is 0.164 e. The molecular formula is C47H28N4OS. The van der Waals surface area contributed by atoms with Gasteiger partial charge in [0.25, 0.3) is 0 Å². The Hall–Kier alpha value is -6.76. The number of fused-ring (bicyclic) bond motifs is 7. The molecule has 0 spiro atoms. The molecule has 0 fully saturated rings. The van der Waals surface area contributed by atoms with Gasteiger partial charge in [-0.25, -0.2) is 19.9 Å². The van der Waals surface area contributed by atoms with E-state index in [0.717, 1.165) is 72.3 Å². The van der Waals surface area contributed by atoms with Crippen molar-refractivity contribution in [3.05, 3.63) is 169 Å². The normalized spacial score (nSPS) is 12.1. The molecule has 0 amide bonds. The second-order valence-electron chi connectivity index (χ2n) is 13.4. The Morgan fingerprint density at radius 2 is 1.13 bits per heavy atom. The number of furan rings is 1. The van der Waals surface area contributed by atoms with E-state index in [1.165, 1.54) is 27.0 Å². The molecule has 0 aliphatic heterocycles. The molecule has 1 aliphatic rings. The zero-order valence-corrected chi connectivity index (χ0v) is 29.1. The van der Waals surface area contributed by atoms with Gasteiger partial charge in [0.1, 0.15) is 16.2 Å². The number of thiazole rings is 1. The first-order valence-corrected chi connectivity index (χ1v) is 18.5. The molecular weight excluding hydrogens is 669 g/mol. The van der Waals surface area contributed by atoms with Crippen molar-refractivity contribution in [1.82, 2.24) is 19.9 Å². The number of para-hydroxylation sites is 1. The molecule has 1 aliphatic carbocycles. The Kier molecular flexibility index (Phi) is 6.72.